The van der Waals surface area contributed by atoms with Gasteiger partial charge in [0.15, 0.2) is 11.5 Å². The number of carbonyl (C=O) groups excluding carboxylic acids is 4. The molecule has 4 aliphatic rings. The molecule has 5 aromatic rings. The number of carbonyl (C=O) groups is 4. The number of Topliss-reactive ketones (excluding diaryl/α,β-unsaturated/α-hetero) is 1. The number of ketones is 1. The number of hydrogen-bond acceptors (Lipinski definition) is 12. The van der Waals surface area contributed by atoms with Gasteiger partial charge in [-0.3, -0.25) is 19.2 Å². The molecule has 2 atom stereocenters. The fourth-order valence-corrected chi connectivity index (χ4v) is 13.0. The molecule has 13 nitrogen and oxygen atoms in total. The van der Waals surface area contributed by atoms with E-state index in [0.29, 0.717) is 73.0 Å². The Bertz CT molecular complexity index is 2870. The van der Waals surface area contributed by atoms with Crippen LogP contribution in [0.4, 0.5) is 28.4 Å². The lowest BCUT2D eigenvalue weighted by Gasteiger charge is -2.25. The van der Waals surface area contributed by atoms with E-state index < -0.39 is 0 Å². The number of fused-ring (bicyclic) bond motifs is 8. The van der Waals surface area contributed by atoms with Crippen LogP contribution in [0.3, 0.4) is 0 Å². The fraction of sp³-hybridized carbons (Fsp3) is 0.404. The third-order valence-electron chi connectivity index (χ3n) is 14.0. The summed E-state index contributed by atoms with van der Waals surface area (Å²) < 4.78 is 18.9. The Labute approximate surface area is 431 Å². The maximum atomic E-state index is 14.3. The van der Waals surface area contributed by atoms with Gasteiger partial charge in [0.1, 0.15) is 24.7 Å². The minimum absolute atomic E-state index is 0.0000741. The lowest BCUT2D eigenvalue weighted by atomic mass is 10.1. The predicted molar refractivity (Wildman–Crippen MR) is 292 cm³/mol. The number of aryl methyl sites for hydroxylation is 1. The summed E-state index contributed by atoms with van der Waals surface area (Å²) in [6, 6.07) is 29.8. The van der Waals surface area contributed by atoms with E-state index in [1.165, 1.54) is 11.1 Å². The first-order chi connectivity index (χ1) is 34.7. The first-order valence-corrected chi connectivity index (χ1v) is 27.3. The molecule has 4 aliphatic heterocycles. The van der Waals surface area contributed by atoms with Crippen LogP contribution in [-0.2, 0) is 35.6 Å². The van der Waals surface area contributed by atoms with E-state index in [9.17, 15) is 19.2 Å². The Balaban J connectivity index is 0.925. The summed E-state index contributed by atoms with van der Waals surface area (Å²) in [5.74, 6) is 2.52. The molecule has 5 aromatic carbocycles. The second-order valence-corrected chi connectivity index (χ2v) is 23.1. The fourth-order valence-electron chi connectivity index (χ4n) is 10.4. The van der Waals surface area contributed by atoms with E-state index in [4.69, 9.17) is 14.2 Å². The Morgan fingerprint density at radius 3 is 1.89 bits per heavy atom. The van der Waals surface area contributed by atoms with Crippen LogP contribution in [0.25, 0.3) is 0 Å². The lowest BCUT2D eigenvalue weighted by molar-refractivity contribution is -0.118. The topological polar surface area (TPSA) is 133 Å². The van der Waals surface area contributed by atoms with Crippen LogP contribution in [0.2, 0.25) is 0 Å². The molecule has 378 valence electrons. The highest BCUT2D eigenvalue weighted by atomic mass is 33.1. The maximum Gasteiger partial charge on any atom is 0.260 e. The molecule has 3 amide bonds. The Morgan fingerprint density at radius 1 is 0.722 bits per heavy atom. The molecule has 72 heavy (non-hydrogen) atoms. The molecule has 0 radical (unpaired) electrons. The van der Waals surface area contributed by atoms with E-state index in [1.807, 2.05) is 111 Å². The van der Waals surface area contributed by atoms with Gasteiger partial charge in [-0.15, -0.1) is 0 Å². The Hall–Kier alpha value is -6.16. The molecule has 2 N–H and O–H groups in total. The maximum absolute atomic E-state index is 14.3. The molecule has 4 heterocycles. The van der Waals surface area contributed by atoms with Gasteiger partial charge in [-0.05, 0) is 123 Å². The van der Waals surface area contributed by atoms with Gasteiger partial charge in [-0.2, -0.15) is 0 Å². The van der Waals surface area contributed by atoms with Crippen LogP contribution in [0, 0.1) is 6.92 Å². The number of benzene rings is 5. The summed E-state index contributed by atoms with van der Waals surface area (Å²) in [5.41, 5.74) is 10.1. The highest BCUT2D eigenvalue weighted by Crippen LogP contribution is 2.44. The second-order valence-electron chi connectivity index (χ2n) is 20.0. The van der Waals surface area contributed by atoms with Crippen molar-refractivity contribution in [1.29, 1.82) is 0 Å². The van der Waals surface area contributed by atoms with Gasteiger partial charge in [-0.1, -0.05) is 64.9 Å². The molecular weight excluding hydrogens is 945 g/mol. The van der Waals surface area contributed by atoms with Crippen molar-refractivity contribution in [3.05, 3.63) is 130 Å². The van der Waals surface area contributed by atoms with Crippen molar-refractivity contribution in [3.8, 4) is 17.2 Å². The zero-order valence-electron chi connectivity index (χ0n) is 42.5. The van der Waals surface area contributed by atoms with Gasteiger partial charge >= 0.3 is 0 Å². The molecule has 0 aromatic heterocycles. The molecule has 0 saturated carbocycles. The zero-order chi connectivity index (χ0) is 50.7. The minimum Gasteiger partial charge on any atom is -0.493 e. The first-order valence-electron chi connectivity index (χ1n) is 25.0. The molecule has 0 unspecified atom stereocenters. The average Bonchev–Trinajstić information content (AvgIpc) is 3.87. The highest BCUT2D eigenvalue weighted by molar-refractivity contribution is 8.77. The van der Waals surface area contributed by atoms with Crippen LogP contribution < -0.4 is 44.4 Å². The summed E-state index contributed by atoms with van der Waals surface area (Å²) in [7, 11) is 9.12. The summed E-state index contributed by atoms with van der Waals surface area (Å²) in [5, 5.41) is 6.27. The first kappa shape index (κ1) is 50.8. The monoisotopic (exact) mass is 1010 g/mol. The highest BCUT2D eigenvalue weighted by Gasteiger charge is 2.41. The van der Waals surface area contributed by atoms with Crippen LogP contribution in [0.1, 0.15) is 95.0 Å². The standard InChI is InChI=1S/C57H66N6O7S2/c1-8-58-31-44(64)16-13-21-71-72-57(3,4)20-19-54(65)59-41-24-37(34-69-51-29-49-45(22-36(51)2)55(66)62-42(32-60(49)5)26-39-14-9-11-17-47(39)62)23-38(25-41)35-70-53-30-50-46(28-52(53)68-7)56(67)63-43(33-61(50)6)27-40-15-10-12-18-48(40)63/h9-12,14-15,17-18,22-25,28-30,42-43,58H,8,13,16,19-21,26-27,31-35H2,1-7H3,(H,59,65)/t42-,43-/m0/s1. The Morgan fingerprint density at radius 2 is 1.29 bits per heavy atom. The van der Waals surface area contributed by atoms with Crippen molar-refractivity contribution in [1.82, 2.24) is 5.32 Å². The lowest BCUT2D eigenvalue weighted by Crippen LogP contribution is -2.41. The van der Waals surface area contributed by atoms with Crippen molar-refractivity contribution in [2.45, 2.75) is 96.3 Å². The smallest absolute Gasteiger partial charge is 0.260 e. The third kappa shape index (κ3) is 11.1. The quantitative estimate of drug-likeness (QED) is 0.0568. The van der Waals surface area contributed by atoms with Crippen LogP contribution in [0.5, 0.6) is 17.2 Å². The van der Waals surface area contributed by atoms with E-state index in [-0.39, 0.29) is 53.5 Å². The van der Waals surface area contributed by atoms with E-state index >= 15 is 0 Å². The minimum atomic E-state index is -0.165. The molecule has 0 aliphatic carbocycles. The van der Waals surface area contributed by atoms with Crippen LogP contribution in [0.15, 0.2) is 91.0 Å². The number of amides is 3. The van der Waals surface area contributed by atoms with Crippen molar-refractivity contribution in [2.24, 2.45) is 0 Å². The van der Waals surface area contributed by atoms with Gasteiger partial charge < -0.3 is 44.4 Å². The predicted octanol–water partition coefficient (Wildman–Crippen LogP) is 10.0. The van der Waals surface area contributed by atoms with Gasteiger partial charge in [0.05, 0.1) is 48.2 Å². The van der Waals surface area contributed by atoms with E-state index in [2.05, 4.69) is 46.4 Å². The zero-order valence-corrected chi connectivity index (χ0v) is 44.1. The van der Waals surface area contributed by atoms with Crippen LogP contribution >= 0.6 is 21.6 Å². The molecule has 0 bridgehead atoms. The molecule has 9 rings (SSSR count). The van der Waals surface area contributed by atoms with Gasteiger partial charge in [0.2, 0.25) is 5.91 Å². The third-order valence-corrected chi connectivity index (χ3v) is 17.5. The number of methoxy groups -OCH3 is 1. The number of likely N-dealkylation sites (N-methyl/N-ethyl adjacent to an activating group) is 3. The SMILES string of the molecule is CCNCC(=O)CCCSSC(C)(C)CCC(=O)Nc1cc(COc2cc3c(cc2C)C(=O)N2c4ccccc4C[C@H]2CN3C)cc(COc2cc3c(cc2OC)C(=O)N2c4ccccc4C[C@H]2CN3C)c1. The summed E-state index contributed by atoms with van der Waals surface area (Å²) in [6.07, 6.45) is 3.97. The average molecular weight is 1010 g/mol. The summed E-state index contributed by atoms with van der Waals surface area (Å²) in [4.78, 5) is 62.4. The van der Waals surface area contributed by atoms with Gasteiger partial charge in [0.25, 0.3) is 11.8 Å². The van der Waals surface area contributed by atoms with Crippen molar-refractivity contribution >= 4 is 73.5 Å². The number of para-hydroxylation sites is 2. The number of anilines is 5. The normalized spacial score (nSPS) is 16.8. The molecule has 0 saturated heterocycles. The summed E-state index contributed by atoms with van der Waals surface area (Å²) >= 11 is 0. The Kier molecular flexibility index (Phi) is 15.4. The largest absolute Gasteiger partial charge is 0.493 e. The summed E-state index contributed by atoms with van der Waals surface area (Å²) in [6.45, 7) is 11.1. The van der Waals surface area contributed by atoms with E-state index in [1.54, 1.807) is 34.8 Å². The second kappa shape index (κ2) is 21.9. The van der Waals surface area contributed by atoms with Crippen molar-refractivity contribution < 1.29 is 33.4 Å². The van der Waals surface area contributed by atoms with Crippen molar-refractivity contribution in [3.63, 3.8) is 0 Å². The van der Waals surface area contributed by atoms with Crippen molar-refractivity contribution in [2.75, 3.05) is 78.1 Å². The number of hydrogen-bond donors (Lipinski definition) is 2. The van der Waals surface area contributed by atoms with Gasteiger partial charge in [-0.25, -0.2) is 0 Å². The number of nitrogens with zero attached hydrogens (tertiary/aromatic N) is 4. The molecule has 0 fully saturated rings. The number of ether oxygens (including phenoxy) is 3. The van der Waals surface area contributed by atoms with Gasteiger partial charge in [0, 0.05) is 79.7 Å². The van der Waals surface area contributed by atoms with E-state index in [0.717, 1.165) is 71.0 Å². The van der Waals surface area contributed by atoms with Crippen LogP contribution in [-0.4, -0.2) is 93.5 Å². The number of nitrogens with one attached hydrogen (secondary N) is 2. The molecule has 0 spiro atoms. The number of rotatable bonds is 20. The molecule has 15 heteroatoms. The molecular formula is C57H66N6O7S2.